The molecule has 1 aromatic heterocycles. The minimum atomic E-state index is 0.0328. The van der Waals surface area contributed by atoms with Crippen molar-refractivity contribution in [3.8, 4) is 0 Å². The van der Waals surface area contributed by atoms with Gasteiger partial charge in [-0.15, -0.1) is 0 Å². The van der Waals surface area contributed by atoms with Gasteiger partial charge in [0.2, 0.25) is 0 Å². The van der Waals surface area contributed by atoms with E-state index in [0.29, 0.717) is 5.69 Å². The molecule has 0 amide bonds. The Morgan fingerprint density at radius 3 is 2.89 bits per heavy atom. The number of rotatable bonds is 4. The average molecular weight is 260 g/mol. The zero-order valence-electron chi connectivity index (χ0n) is 11.7. The Bertz CT molecular complexity index is 413. The van der Waals surface area contributed by atoms with E-state index in [2.05, 4.69) is 16.8 Å². The van der Waals surface area contributed by atoms with E-state index in [-0.39, 0.29) is 5.84 Å². The van der Waals surface area contributed by atoms with Gasteiger partial charge in [-0.1, -0.05) is 19.8 Å². The molecule has 0 radical (unpaired) electrons. The molecule has 4 heteroatoms. The monoisotopic (exact) mass is 260 g/mol. The van der Waals surface area contributed by atoms with E-state index in [1.54, 1.807) is 0 Å². The first-order chi connectivity index (χ1) is 9.20. The van der Waals surface area contributed by atoms with Crippen molar-refractivity contribution in [2.45, 2.75) is 39.0 Å². The average Bonchev–Trinajstić information content (AvgIpc) is 2.65. The number of nitrogens with zero attached hydrogens (tertiary/aromatic N) is 2. The molecule has 1 fully saturated rings. The van der Waals surface area contributed by atoms with Gasteiger partial charge in [0.05, 0.1) is 11.9 Å². The van der Waals surface area contributed by atoms with Crippen molar-refractivity contribution in [1.82, 2.24) is 4.98 Å². The number of nitrogen functional groups attached to an aromatic ring is 1. The topological polar surface area (TPSA) is 66.0 Å². The van der Waals surface area contributed by atoms with Crippen LogP contribution in [0.1, 0.15) is 44.7 Å². The maximum absolute atomic E-state index is 7.36. The zero-order valence-corrected chi connectivity index (χ0v) is 11.7. The molecule has 1 aromatic rings. The van der Waals surface area contributed by atoms with Crippen molar-refractivity contribution >= 4 is 11.5 Å². The first kappa shape index (κ1) is 13.8. The largest absolute Gasteiger partial charge is 0.382 e. The van der Waals surface area contributed by atoms with Crippen molar-refractivity contribution in [3.63, 3.8) is 0 Å². The van der Waals surface area contributed by atoms with E-state index in [1.165, 1.54) is 32.1 Å². The number of amidine groups is 1. The van der Waals surface area contributed by atoms with Crippen LogP contribution in [0.5, 0.6) is 0 Å². The summed E-state index contributed by atoms with van der Waals surface area (Å²) in [6.45, 7) is 4.50. The molecule has 3 N–H and O–H groups in total. The smallest absolute Gasteiger partial charge is 0.141 e. The molecule has 1 aliphatic heterocycles. The number of nitrogens with one attached hydrogen (secondary N) is 1. The molecule has 1 aliphatic rings. The molecule has 4 nitrogen and oxygen atoms in total. The molecule has 1 atom stereocenters. The number of aromatic nitrogens is 1. The molecule has 0 aliphatic carbocycles. The molecule has 19 heavy (non-hydrogen) atoms. The van der Waals surface area contributed by atoms with E-state index >= 15 is 0 Å². The fourth-order valence-electron chi connectivity index (χ4n) is 2.85. The lowest BCUT2D eigenvalue weighted by molar-refractivity contribution is 0.435. The highest BCUT2D eigenvalue weighted by Gasteiger charge is 2.16. The van der Waals surface area contributed by atoms with Crippen LogP contribution in [0.2, 0.25) is 0 Å². The zero-order chi connectivity index (χ0) is 13.7. The van der Waals surface area contributed by atoms with Crippen molar-refractivity contribution < 1.29 is 0 Å². The number of nitrogens with two attached hydrogens (primary N) is 1. The van der Waals surface area contributed by atoms with Gasteiger partial charge in [-0.2, -0.15) is 0 Å². The Balaban J connectivity index is 1.99. The minimum absolute atomic E-state index is 0.0328. The van der Waals surface area contributed by atoms with Crippen LogP contribution >= 0.6 is 0 Å². The van der Waals surface area contributed by atoms with Crippen molar-refractivity contribution in [2.75, 3.05) is 18.0 Å². The van der Waals surface area contributed by atoms with E-state index in [9.17, 15) is 0 Å². The summed E-state index contributed by atoms with van der Waals surface area (Å²) in [6.07, 6.45) is 8.39. The number of anilines is 1. The van der Waals surface area contributed by atoms with E-state index < -0.39 is 0 Å². The molecule has 1 unspecified atom stereocenters. The van der Waals surface area contributed by atoms with Gasteiger partial charge in [-0.3, -0.25) is 10.4 Å². The fourth-order valence-corrected chi connectivity index (χ4v) is 2.85. The second kappa shape index (κ2) is 6.55. The molecule has 1 saturated heterocycles. The normalized spacial score (nSPS) is 20.1. The van der Waals surface area contributed by atoms with Crippen LogP contribution in [0.3, 0.4) is 0 Å². The Labute approximate surface area is 115 Å². The van der Waals surface area contributed by atoms with Crippen LogP contribution in [-0.2, 0) is 0 Å². The summed E-state index contributed by atoms with van der Waals surface area (Å²) in [5.74, 6) is 0.921. The standard InChI is InChI=1S/C15H24N4/c1-2-4-12-5-3-9-19(10-8-12)13-6-7-14(15(16)17)18-11-13/h6-7,11-12H,2-5,8-10H2,1H3,(H3,16,17). The van der Waals surface area contributed by atoms with Gasteiger partial charge in [0.15, 0.2) is 0 Å². The summed E-state index contributed by atoms with van der Waals surface area (Å²) >= 11 is 0. The SMILES string of the molecule is CCCC1CCCN(c2ccc(C(=N)N)nc2)CC1. The summed E-state index contributed by atoms with van der Waals surface area (Å²) in [4.78, 5) is 6.66. The van der Waals surface area contributed by atoms with Crippen molar-refractivity contribution in [3.05, 3.63) is 24.0 Å². The quantitative estimate of drug-likeness (QED) is 0.646. The van der Waals surface area contributed by atoms with Crippen LogP contribution < -0.4 is 10.6 Å². The van der Waals surface area contributed by atoms with Crippen LogP contribution in [0.25, 0.3) is 0 Å². The second-order valence-electron chi connectivity index (χ2n) is 5.39. The van der Waals surface area contributed by atoms with Crippen LogP contribution in [0.15, 0.2) is 18.3 Å². The Morgan fingerprint density at radius 2 is 2.26 bits per heavy atom. The molecular formula is C15H24N4. The van der Waals surface area contributed by atoms with Gasteiger partial charge in [-0.25, -0.2) is 0 Å². The molecular weight excluding hydrogens is 236 g/mol. The highest BCUT2D eigenvalue weighted by Crippen LogP contribution is 2.25. The first-order valence-corrected chi connectivity index (χ1v) is 7.26. The van der Waals surface area contributed by atoms with E-state index in [4.69, 9.17) is 11.1 Å². The summed E-state index contributed by atoms with van der Waals surface area (Å²) < 4.78 is 0. The lowest BCUT2D eigenvalue weighted by Crippen LogP contribution is -2.24. The summed E-state index contributed by atoms with van der Waals surface area (Å²) in [7, 11) is 0. The molecule has 0 bridgehead atoms. The van der Waals surface area contributed by atoms with Gasteiger partial charge in [-0.05, 0) is 37.3 Å². The Morgan fingerprint density at radius 1 is 1.42 bits per heavy atom. The summed E-state index contributed by atoms with van der Waals surface area (Å²) in [6, 6.07) is 3.87. The Hall–Kier alpha value is -1.58. The molecule has 2 heterocycles. The lowest BCUT2D eigenvalue weighted by atomic mass is 9.96. The third-order valence-corrected chi connectivity index (χ3v) is 3.93. The second-order valence-corrected chi connectivity index (χ2v) is 5.39. The summed E-state index contributed by atoms with van der Waals surface area (Å²) in [5, 5.41) is 7.36. The number of hydrogen-bond acceptors (Lipinski definition) is 3. The predicted octanol–water partition coefficient (Wildman–Crippen LogP) is 2.77. The molecule has 2 rings (SSSR count). The molecule has 104 valence electrons. The van der Waals surface area contributed by atoms with E-state index in [1.807, 2.05) is 18.3 Å². The number of pyridine rings is 1. The van der Waals surface area contributed by atoms with Gasteiger partial charge in [0.25, 0.3) is 0 Å². The maximum atomic E-state index is 7.36. The predicted molar refractivity (Wildman–Crippen MR) is 79.7 cm³/mol. The molecule has 0 saturated carbocycles. The van der Waals surface area contributed by atoms with E-state index in [0.717, 1.165) is 24.7 Å². The fraction of sp³-hybridized carbons (Fsp3) is 0.600. The minimum Gasteiger partial charge on any atom is -0.382 e. The van der Waals surface area contributed by atoms with Gasteiger partial charge >= 0.3 is 0 Å². The van der Waals surface area contributed by atoms with Crippen LogP contribution in [0.4, 0.5) is 5.69 Å². The van der Waals surface area contributed by atoms with Crippen molar-refractivity contribution in [2.24, 2.45) is 11.7 Å². The number of hydrogen-bond donors (Lipinski definition) is 2. The maximum Gasteiger partial charge on any atom is 0.141 e. The van der Waals surface area contributed by atoms with Gasteiger partial charge < -0.3 is 10.6 Å². The highest BCUT2D eigenvalue weighted by atomic mass is 15.1. The van der Waals surface area contributed by atoms with Gasteiger partial charge in [0.1, 0.15) is 11.5 Å². The van der Waals surface area contributed by atoms with Crippen LogP contribution in [0, 0.1) is 11.3 Å². The van der Waals surface area contributed by atoms with Crippen molar-refractivity contribution in [1.29, 1.82) is 5.41 Å². The third kappa shape index (κ3) is 3.69. The van der Waals surface area contributed by atoms with Gasteiger partial charge in [0, 0.05) is 13.1 Å². The van der Waals surface area contributed by atoms with Crippen LogP contribution in [-0.4, -0.2) is 23.9 Å². The Kier molecular flexibility index (Phi) is 4.77. The molecule has 0 spiro atoms. The highest BCUT2D eigenvalue weighted by molar-refractivity contribution is 5.93. The summed E-state index contributed by atoms with van der Waals surface area (Å²) in [5.41, 5.74) is 7.14. The molecule has 0 aromatic carbocycles. The first-order valence-electron chi connectivity index (χ1n) is 7.26. The third-order valence-electron chi connectivity index (χ3n) is 3.93. The lowest BCUT2D eigenvalue weighted by Gasteiger charge is -2.22.